The highest BCUT2D eigenvalue weighted by Crippen LogP contribution is 2.31. The largest absolute Gasteiger partial charge is 0.268 e. The van der Waals surface area contributed by atoms with Crippen molar-refractivity contribution >= 4 is 20.9 Å². The van der Waals surface area contributed by atoms with Crippen LogP contribution >= 0.6 is 0 Å². The first-order chi connectivity index (χ1) is 12.1. The molecule has 4 rings (SSSR count). The zero-order chi connectivity index (χ0) is 17.4. The second-order valence-corrected chi connectivity index (χ2v) is 7.71. The molecule has 0 bridgehead atoms. The van der Waals surface area contributed by atoms with Crippen LogP contribution in [0.2, 0.25) is 0 Å². The van der Waals surface area contributed by atoms with E-state index in [9.17, 15) is 8.42 Å². The van der Waals surface area contributed by atoms with Crippen molar-refractivity contribution < 1.29 is 8.42 Å². The van der Waals surface area contributed by atoms with Gasteiger partial charge in [-0.15, -0.1) is 0 Å². The maximum atomic E-state index is 13.2. The quantitative estimate of drug-likeness (QED) is 0.556. The molecule has 0 aliphatic rings. The summed E-state index contributed by atoms with van der Waals surface area (Å²) in [5, 5.41) is 0.859. The zero-order valence-corrected chi connectivity index (χ0v) is 14.4. The molecule has 4 aromatic rings. The predicted molar refractivity (Wildman–Crippen MR) is 98.9 cm³/mol. The SMILES string of the molecule is Cc1cccc(S(=O)(=O)n2cc(-c3ccccn3)c3ccccc32)c1. The Hall–Kier alpha value is -2.92. The first-order valence-corrected chi connectivity index (χ1v) is 9.35. The van der Waals surface area contributed by atoms with Crippen molar-refractivity contribution in [2.75, 3.05) is 0 Å². The van der Waals surface area contributed by atoms with Crippen molar-refractivity contribution in [1.82, 2.24) is 8.96 Å². The molecule has 2 aromatic heterocycles. The number of aromatic nitrogens is 2. The lowest BCUT2D eigenvalue weighted by molar-refractivity contribution is 0.589. The van der Waals surface area contributed by atoms with Gasteiger partial charge in [-0.1, -0.05) is 36.4 Å². The summed E-state index contributed by atoms with van der Waals surface area (Å²) in [7, 11) is -3.69. The molecule has 0 aliphatic carbocycles. The monoisotopic (exact) mass is 348 g/mol. The molecule has 0 fully saturated rings. The fourth-order valence-electron chi connectivity index (χ4n) is 2.96. The minimum absolute atomic E-state index is 0.279. The molecule has 0 aliphatic heterocycles. The van der Waals surface area contributed by atoms with Gasteiger partial charge >= 0.3 is 0 Å². The molecule has 0 saturated carbocycles. The van der Waals surface area contributed by atoms with Gasteiger partial charge in [0.15, 0.2) is 0 Å². The fraction of sp³-hybridized carbons (Fsp3) is 0.0500. The highest BCUT2D eigenvalue weighted by molar-refractivity contribution is 7.90. The second-order valence-electron chi connectivity index (χ2n) is 5.89. The first kappa shape index (κ1) is 15.6. The third-order valence-electron chi connectivity index (χ3n) is 4.17. The van der Waals surface area contributed by atoms with Crippen molar-refractivity contribution in [3.8, 4) is 11.3 Å². The van der Waals surface area contributed by atoms with Gasteiger partial charge in [-0.2, -0.15) is 0 Å². The zero-order valence-electron chi connectivity index (χ0n) is 13.6. The van der Waals surface area contributed by atoms with Gasteiger partial charge in [0.2, 0.25) is 0 Å². The van der Waals surface area contributed by atoms with Gasteiger partial charge < -0.3 is 0 Å². The number of hydrogen-bond acceptors (Lipinski definition) is 3. The third kappa shape index (κ3) is 2.62. The average molecular weight is 348 g/mol. The maximum absolute atomic E-state index is 13.2. The molecule has 2 heterocycles. The Balaban J connectivity index is 2.00. The van der Waals surface area contributed by atoms with E-state index in [0.29, 0.717) is 5.52 Å². The summed E-state index contributed by atoms with van der Waals surface area (Å²) in [4.78, 5) is 4.65. The van der Waals surface area contributed by atoms with E-state index in [2.05, 4.69) is 4.98 Å². The van der Waals surface area contributed by atoms with Gasteiger partial charge in [0.1, 0.15) is 0 Å². The van der Waals surface area contributed by atoms with Gasteiger partial charge in [-0.3, -0.25) is 4.98 Å². The van der Waals surface area contributed by atoms with E-state index in [0.717, 1.165) is 22.2 Å². The summed E-state index contributed by atoms with van der Waals surface area (Å²) in [5.74, 6) is 0. The van der Waals surface area contributed by atoms with Crippen LogP contribution in [-0.2, 0) is 10.0 Å². The molecule has 2 aromatic carbocycles. The molecular formula is C20H16N2O2S. The van der Waals surface area contributed by atoms with Crippen LogP contribution in [0.5, 0.6) is 0 Å². The Kier molecular flexibility index (Phi) is 3.66. The molecule has 4 nitrogen and oxygen atoms in total. The van der Waals surface area contributed by atoms with Gasteiger partial charge in [0.05, 0.1) is 16.1 Å². The number of para-hydroxylation sites is 1. The number of fused-ring (bicyclic) bond motifs is 1. The lowest BCUT2D eigenvalue weighted by atomic mass is 10.1. The highest BCUT2D eigenvalue weighted by Gasteiger charge is 2.22. The van der Waals surface area contributed by atoms with Gasteiger partial charge in [-0.25, -0.2) is 12.4 Å². The standard InChI is InChI=1S/C20H16N2O2S/c1-15-7-6-8-16(13-15)25(23,24)22-14-18(19-10-4-5-12-21-19)17-9-2-3-11-20(17)22/h2-14H,1H3. The first-order valence-electron chi connectivity index (χ1n) is 7.91. The molecule has 0 amide bonds. The van der Waals surface area contributed by atoms with Crippen LogP contribution in [0.3, 0.4) is 0 Å². The van der Waals surface area contributed by atoms with Crippen LogP contribution < -0.4 is 0 Å². The summed E-state index contributed by atoms with van der Waals surface area (Å²) >= 11 is 0. The maximum Gasteiger partial charge on any atom is 0.268 e. The molecule has 0 N–H and O–H groups in total. The smallest absolute Gasteiger partial charge is 0.256 e. The van der Waals surface area contributed by atoms with E-state index in [4.69, 9.17) is 0 Å². The summed E-state index contributed by atoms with van der Waals surface area (Å²) in [6.45, 7) is 1.88. The summed E-state index contributed by atoms with van der Waals surface area (Å²) < 4.78 is 27.7. The van der Waals surface area contributed by atoms with Crippen LogP contribution in [0.15, 0.2) is 84.0 Å². The van der Waals surface area contributed by atoms with Crippen LogP contribution in [0.4, 0.5) is 0 Å². The topological polar surface area (TPSA) is 52.0 Å². The van der Waals surface area contributed by atoms with Crippen molar-refractivity contribution in [3.05, 3.63) is 84.7 Å². The van der Waals surface area contributed by atoms with Crippen LogP contribution in [0.25, 0.3) is 22.2 Å². The van der Waals surface area contributed by atoms with Gasteiger partial charge in [0, 0.05) is 23.3 Å². The van der Waals surface area contributed by atoms with Crippen LogP contribution in [0, 0.1) is 6.92 Å². The summed E-state index contributed by atoms with van der Waals surface area (Å²) in [6.07, 6.45) is 3.36. The fourth-order valence-corrected chi connectivity index (χ4v) is 4.44. The molecule has 0 unspecified atom stereocenters. The van der Waals surface area contributed by atoms with E-state index in [1.807, 2.05) is 55.5 Å². The molecule has 0 atom stereocenters. The van der Waals surface area contributed by atoms with E-state index >= 15 is 0 Å². The molecule has 124 valence electrons. The lowest BCUT2D eigenvalue weighted by Gasteiger charge is -2.08. The number of pyridine rings is 1. The number of benzene rings is 2. The normalized spacial score (nSPS) is 11.7. The lowest BCUT2D eigenvalue weighted by Crippen LogP contribution is -2.11. The number of hydrogen-bond donors (Lipinski definition) is 0. The number of nitrogens with zero attached hydrogens (tertiary/aromatic N) is 2. The van der Waals surface area contributed by atoms with Crippen molar-refractivity contribution in [2.45, 2.75) is 11.8 Å². The summed E-state index contributed by atoms with van der Waals surface area (Å²) in [5.41, 5.74) is 3.09. The Morgan fingerprint density at radius 2 is 1.72 bits per heavy atom. The molecule has 25 heavy (non-hydrogen) atoms. The van der Waals surface area contributed by atoms with Crippen LogP contribution in [0.1, 0.15) is 5.56 Å². The molecule has 5 heteroatoms. The van der Waals surface area contributed by atoms with Crippen molar-refractivity contribution in [3.63, 3.8) is 0 Å². The van der Waals surface area contributed by atoms with E-state index in [1.165, 1.54) is 3.97 Å². The molecule has 0 spiro atoms. The van der Waals surface area contributed by atoms with Crippen molar-refractivity contribution in [2.24, 2.45) is 0 Å². The Labute approximate surface area is 146 Å². The van der Waals surface area contributed by atoms with Crippen molar-refractivity contribution in [1.29, 1.82) is 0 Å². The minimum atomic E-state index is -3.69. The number of aryl methyl sites for hydroxylation is 1. The predicted octanol–water partition coefficient (Wildman–Crippen LogP) is 4.25. The Bertz CT molecular complexity index is 1160. The molecule has 0 saturated heterocycles. The van der Waals surface area contributed by atoms with Gasteiger partial charge in [0.25, 0.3) is 10.0 Å². The molecule has 0 radical (unpaired) electrons. The van der Waals surface area contributed by atoms with E-state index in [1.54, 1.807) is 30.6 Å². The highest BCUT2D eigenvalue weighted by atomic mass is 32.2. The summed E-state index contributed by atoms with van der Waals surface area (Å²) in [6, 6.07) is 20.0. The van der Waals surface area contributed by atoms with Crippen LogP contribution in [-0.4, -0.2) is 17.4 Å². The average Bonchev–Trinajstić information content (AvgIpc) is 3.03. The Morgan fingerprint density at radius 1 is 0.920 bits per heavy atom. The number of rotatable bonds is 3. The molecular weight excluding hydrogens is 332 g/mol. The third-order valence-corrected chi connectivity index (χ3v) is 5.83. The second kappa shape index (κ2) is 5.86. The Morgan fingerprint density at radius 3 is 2.48 bits per heavy atom. The van der Waals surface area contributed by atoms with Gasteiger partial charge in [-0.05, 0) is 42.8 Å². The van der Waals surface area contributed by atoms with E-state index in [-0.39, 0.29) is 4.90 Å². The van der Waals surface area contributed by atoms with E-state index < -0.39 is 10.0 Å². The minimum Gasteiger partial charge on any atom is -0.256 e.